The average Bonchev–Trinajstić information content (AvgIpc) is 2.74. The van der Waals surface area contributed by atoms with E-state index in [1.54, 1.807) is 37.3 Å². The third-order valence-electron chi connectivity index (χ3n) is 4.91. The van der Waals surface area contributed by atoms with Gasteiger partial charge in [-0.3, -0.25) is 4.79 Å². The summed E-state index contributed by atoms with van der Waals surface area (Å²) in [6.07, 6.45) is 1.09. The van der Waals surface area contributed by atoms with Crippen LogP contribution >= 0.6 is 0 Å². The molecule has 1 unspecified atom stereocenters. The number of ether oxygens (including phenoxy) is 1. The SMILES string of the molecule is CCOc1cc(C(=O)NC(C)c2c(O)ccc(C=N)c2N)ccc1-c1cccc(F)c1. The second-order valence-electron chi connectivity index (χ2n) is 7.00. The van der Waals surface area contributed by atoms with Crippen LogP contribution in [0.1, 0.15) is 41.4 Å². The standard InChI is InChI=1S/C24H24FN3O3/c1-3-31-21-12-16(7-9-19(21)15-5-4-6-18(25)11-15)24(30)28-14(2)22-20(29)10-8-17(13-26)23(22)27/h4-14,26,29H,3,27H2,1-2H3,(H,28,30). The van der Waals surface area contributed by atoms with Crippen LogP contribution in [-0.2, 0) is 0 Å². The van der Waals surface area contributed by atoms with Crippen molar-refractivity contribution in [3.05, 3.63) is 77.1 Å². The largest absolute Gasteiger partial charge is 0.508 e. The number of amides is 1. The van der Waals surface area contributed by atoms with E-state index in [9.17, 15) is 14.3 Å². The minimum absolute atomic E-state index is 0.0626. The molecule has 0 spiro atoms. The van der Waals surface area contributed by atoms with Gasteiger partial charge in [0.05, 0.1) is 12.6 Å². The van der Waals surface area contributed by atoms with Gasteiger partial charge in [0.25, 0.3) is 5.91 Å². The van der Waals surface area contributed by atoms with E-state index in [-0.39, 0.29) is 17.3 Å². The van der Waals surface area contributed by atoms with Crippen molar-refractivity contribution >= 4 is 17.8 Å². The molecule has 0 bridgehead atoms. The minimum Gasteiger partial charge on any atom is -0.508 e. The molecule has 0 radical (unpaired) electrons. The first kappa shape index (κ1) is 21.8. The molecule has 31 heavy (non-hydrogen) atoms. The van der Waals surface area contributed by atoms with Crippen molar-refractivity contribution in [3.8, 4) is 22.6 Å². The lowest BCUT2D eigenvalue weighted by atomic mass is 9.99. The number of hydrogen-bond donors (Lipinski definition) is 4. The molecule has 0 fully saturated rings. The number of carbonyl (C=O) groups is 1. The molecule has 3 aromatic rings. The maximum atomic E-state index is 13.7. The smallest absolute Gasteiger partial charge is 0.251 e. The van der Waals surface area contributed by atoms with Crippen molar-refractivity contribution in [1.29, 1.82) is 5.41 Å². The number of benzene rings is 3. The quantitative estimate of drug-likeness (QED) is 0.328. The maximum absolute atomic E-state index is 13.7. The molecule has 0 aliphatic carbocycles. The lowest BCUT2D eigenvalue weighted by Crippen LogP contribution is -2.27. The predicted molar refractivity (Wildman–Crippen MR) is 119 cm³/mol. The molecular formula is C24H24FN3O3. The van der Waals surface area contributed by atoms with Crippen LogP contribution in [0.4, 0.5) is 10.1 Å². The molecule has 7 heteroatoms. The van der Waals surface area contributed by atoms with Crippen LogP contribution in [-0.4, -0.2) is 23.8 Å². The van der Waals surface area contributed by atoms with Gasteiger partial charge >= 0.3 is 0 Å². The Bertz CT molecular complexity index is 1130. The van der Waals surface area contributed by atoms with Crippen molar-refractivity contribution < 1.29 is 19.0 Å². The fourth-order valence-corrected chi connectivity index (χ4v) is 3.41. The van der Waals surface area contributed by atoms with E-state index >= 15 is 0 Å². The van der Waals surface area contributed by atoms with Crippen molar-refractivity contribution in [3.63, 3.8) is 0 Å². The number of aromatic hydroxyl groups is 1. The Morgan fingerprint density at radius 1 is 1.26 bits per heavy atom. The summed E-state index contributed by atoms with van der Waals surface area (Å²) in [5, 5.41) is 20.4. The van der Waals surface area contributed by atoms with Gasteiger partial charge < -0.3 is 26.3 Å². The molecule has 0 aliphatic heterocycles. The highest BCUT2D eigenvalue weighted by molar-refractivity contribution is 5.96. The lowest BCUT2D eigenvalue weighted by molar-refractivity contribution is 0.0939. The summed E-state index contributed by atoms with van der Waals surface area (Å²) >= 11 is 0. The van der Waals surface area contributed by atoms with Crippen LogP contribution in [0.25, 0.3) is 11.1 Å². The highest BCUT2D eigenvalue weighted by Gasteiger charge is 2.20. The summed E-state index contributed by atoms with van der Waals surface area (Å²) in [5.41, 5.74) is 8.75. The zero-order chi connectivity index (χ0) is 22.5. The normalized spacial score (nSPS) is 11.6. The van der Waals surface area contributed by atoms with Gasteiger partial charge in [-0.15, -0.1) is 0 Å². The number of nitrogens with one attached hydrogen (secondary N) is 2. The summed E-state index contributed by atoms with van der Waals surface area (Å²) in [7, 11) is 0. The van der Waals surface area contributed by atoms with Gasteiger partial charge in [0.15, 0.2) is 0 Å². The van der Waals surface area contributed by atoms with Crippen LogP contribution in [0.5, 0.6) is 11.5 Å². The molecule has 1 atom stereocenters. The Morgan fingerprint density at radius 2 is 2.03 bits per heavy atom. The number of phenols is 1. The average molecular weight is 421 g/mol. The first-order valence-electron chi connectivity index (χ1n) is 9.81. The molecule has 1 amide bonds. The molecule has 3 aromatic carbocycles. The van der Waals surface area contributed by atoms with Crippen molar-refractivity contribution in [1.82, 2.24) is 5.32 Å². The van der Waals surface area contributed by atoms with Crippen LogP contribution < -0.4 is 15.8 Å². The highest BCUT2D eigenvalue weighted by atomic mass is 19.1. The maximum Gasteiger partial charge on any atom is 0.251 e. The number of rotatable bonds is 7. The van der Waals surface area contributed by atoms with E-state index in [2.05, 4.69) is 5.32 Å². The Labute approximate surface area is 180 Å². The number of carbonyl (C=O) groups excluding carboxylic acids is 1. The number of nitrogen functional groups attached to an aromatic ring is 1. The number of phenolic OH excluding ortho intramolecular Hbond substituents is 1. The van der Waals surface area contributed by atoms with Gasteiger partial charge in [0, 0.05) is 34.2 Å². The number of anilines is 1. The van der Waals surface area contributed by atoms with E-state index in [1.807, 2.05) is 6.92 Å². The fraction of sp³-hybridized carbons (Fsp3) is 0.167. The number of nitrogens with two attached hydrogens (primary N) is 1. The molecule has 3 rings (SSSR count). The van der Waals surface area contributed by atoms with Gasteiger partial charge in [0.1, 0.15) is 17.3 Å². The van der Waals surface area contributed by atoms with E-state index in [0.29, 0.717) is 40.2 Å². The first-order chi connectivity index (χ1) is 14.8. The van der Waals surface area contributed by atoms with E-state index < -0.39 is 11.9 Å². The van der Waals surface area contributed by atoms with Crippen LogP contribution in [0, 0.1) is 11.2 Å². The van der Waals surface area contributed by atoms with Crippen molar-refractivity contribution in [2.75, 3.05) is 12.3 Å². The lowest BCUT2D eigenvalue weighted by Gasteiger charge is -2.19. The summed E-state index contributed by atoms with van der Waals surface area (Å²) in [4.78, 5) is 12.9. The Hall–Kier alpha value is -3.87. The van der Waals surface area contributed by atoms with Crippen LogP contribution in [0.2, 0.25) is 0 Å². The molecular weight excluding hydrogens is 397 g/mol. The Balaban J connectivity index is 1.90. The summed E-state index contributed by atoms with van der Waals surface area (Å²) in [6.45, 7) is 3.90. The van der Waals surface area contributed by atoms with Gasteiger partial charge in [-0.25, -0.2) is 4.39 Å². The summed E-state index contributed by atoms with van der Waals surface area (Å²) in [6, 6.07) is 13.5. The Kier molecular flexibility index (Phi) is 6.55. The van der Waals surface area contributed by atoms with Gasteiger partial charge in [-0.2, -0.15) is 0 Å². The highest BCUT2D eigenvalue weighted by Crippen LogP contribution is 2.34. The van der Waals surface area contributed by atoms with Gasteiger partial charge in [-0.1, -0.05) is 12.1 Å². The van der Waals surface area contributed by atoms with Gasteiger partial charge in [-0.05, 0) is 61.9 Å². The molecule has 0 aliphatic rings. The molecule has 5 N–H and O–H groups in total. The third kappa shape index (κ3) is 4.66. The van der Waals surface area contributed by atoms with Crippen molar-refractivity contribution in [2.45, 2.75) is 19.9 Å². The molecule has 160 valence electrons. The molecule has 0 saturated heterocycles. The van der Waals surface area contributed by atoms with Gasteiger partial charge in [0.2, 0.25) is 0 Å². The third-order valence-corrected chi connectivity index (χ3v) is 4.91. The zero-order valence-corrected chi connectivity index (χ0v) is 17.3. The molecule has 0 heterocycles. The van der Waals surface area contributed by atoms with E-state index in [0.717, 1.165) is 6.21 Å². The monoisotopic (exact) mass is 421 g/mol. The van der Waals surface area contributed by atoms with E-state index in [1.165, 1.54) is 24.3 Å². The molecule has 0 saturated carbocycles. The minimum atomic E-state index is -0.606. The summed E-state index contributed by atoms with van der Waals surface area (Å²) in [5.74, 6) is -0.354. The second kappa shape index (κ2) is 9.30. The predicted octanol–water partition coefficient (Wildman–Crippen LogP) is 4.67. The number of halogens is 1. The van der Waals surface area contributed by atoms with E-state index in [4.69, 9.17) is 15.9 Å². The van der Waals surface area contributed by atoms with Crippen LogP contribution in [0.15, 0.2) is 54.6 Å². The fourth-order valence-electron chi connectivity index (χ4n) is 3.41. The second-order valence-corrected chi connectivity index (χ2v) is 7.00. The molecule has 6 nitrogen and oxygen atoms in total. The van der Waals surface area contributed by atoms with Crippen LogP contribution in [0.3, 0.4) is 0 Å². The topological polar surface area (TPSA) is 108 Å². The first-order valence-corrected chi connectivity index (χ1v) is 9.81. The summed E-state index contributed by atoms with van der Waals surface area (Å²) < 4.78 is 19.3. The van der Waals surface area contributed by atoms with Crippen molar-refractivity contribution in [2.24, 2.45) is 0 Å². The number of hydrogen-bond acceptors (Lipinski definition) is 5. The zero-order valence-electron chi connectivity index (χ0n) is 17.3. The molecule has 0 aromatic heterocycles. The Morgan fingerprint density at radius 3 is 2.71 bits per heavy atom.